The number of carboxylic acids is 1. The monoisotopic (exact) mass is 237 g/mol. The Kier molecular flexibility index (Phi) is 3.80. The lowest BCUT2D eigenvalue weighted by Crippen LogP contribution is -2.58. The number of ketones is 1. The number of aromatic nitrogens is 2. The first kappa shape index (κ1) is 13.1. The summed E-state index contributed by atoms with van der Waals surface area (Å²) in [6, 6.07) is 0. The van der Waals surface area contributed by atoms with E-state index in [0.29, 0.717) is 5.69 Å². The van der Waals surface area contributed by atoms with Crippen molar-refractivity contribution in [3.8, 4) is 0 Å². The van der Waals surface area contributed by atoms with Gasteiger partial charge >= 0.3 is 5.97 Å². The summed E-state index contributed by atoms with van der Waals surface area (Å²) in [7, 11) is 3.10. The van der Waals surface area contributed by atoms with Crippen molar-refractivity contribution in [1.29, 1.82) is 0 Å². The van der Waals surface area contributed by atoms with E-state index >= 15 is 0 Å². The maximum Gasteiger partial charge on any atom is 0.332 e. The van der Waals surface area contributed by atoms with E-state index in [0.717, 1.165) is 6.08 Å². The zero-order valence-corrected chi connectivity index (χ0v) is 9.80. The standard InChI is InChI=1S/C11H15N3O3/c1-4-9(15)11(10(16)17,14(2)3)5-8-6-12-7-13-8/h4,6-7H,1,5H2,2-3H3,(H,12,13)(H,16,17)/t11-/m1/s1. The largest absolute Gasteiger partial charge is 0.480 e. The third-order valence-corrected chi connectivity index (χ3v) is 2.71. The minimum Gasteiger partial charge on any atom is -0.480 e. The number of aliphatic carboxylic acids is 1. The van der Waals surface area contributed by atoms with Crippen LogP contribution < -0.4 is 0 Å². The number of hydrogen-bond acceptors (Lipinski definition) is 4. The van der Waals surface area contributed by atoms with Crippen LogP contribution in [-0.4, -0.2) is 51.4 Å². The molecule has 0 fully saturated rings. The van der Waals surface area contributed by atoms with Gasteiger partial charge in [-0.3, -0.25) is 9.69 Å². The summed E-state index contributed by atoms with van der Waals surface area (Å²) in [5, 5.41) is 9.35. The zero-order chi connectivity index (χ0) is 13.1. The fourth-order valence-corrected chi connectivity index (χ4v) is 1.66. The number of carbonyl (C=O) groups excluding carboxylic acids is 1. The molecular weight excluding hydrogens is 222 g/mol. The van der Waals surface area contributed by atoms with Crippen molar-refractivity contribution in [2.45, 2.75) is 12.0 Å². The Morgan fingerprint density at radius 3 is 2.65 bits per heavy atom. The van der Waals surface area contributed by atoms with Crippen LogP contribution in [0.4, 0.5) is 0 Å². The normalized spacial score (nSPS) is 14.3. The first-order valence-electron chi connectivity index (χ1n) is 5.00. The highest BCUT2D eigenvalue weighted by molar-refractivity contribution is 6.12. The van der Waals surface area contributed by atoms with E-state index in [2.05, 4.69) is 16.5 Å². The second-order valence-corrected chi connectivity index (χ2v) is 3.88. The molecule has 0 unspecified atom stereocenters. The number of nitrogens with zero attached hydrogens (tertiary/aromatic N) is 2. The zero-order valence-electron chi connectivity index (χ0n) is 9.80. The number of rotatable bonds is 6. The molecule has 0 aliphatic heterocycles. The highest BCUT2D eigenvalue weighted by atomic mass is 16.4. The van der Waals surface area contributed by atoms with Gasteiger partial charge in [-0.25, -0.2) is 9.78 Å². The van der Waals surface area contributed by atoms with E-state index in [1.807, 2.05) is 0 Å². The molecule has 0 aromatic carbocycles. The quantitative estimate of drug-likeness (QED) is 0.541. The minimum absolute atomic E-state index is 0.0141. The number of imidazole rings is 1. The molecule has 0 bridgehead atoms. The van der Waals surface area contributed by atoms with Gasteiger partial charge in [0.15, 0.2) is 11.3 Å². The first-order chi connectivity index (χ1) is 7.95. The Balaban J connectivity index is 3.20. The van der Waals surface area contributed by atoms with E-state index in [1.165, 1.54) is 17.4 Å². The van der Waals surface area contributed by atoms with Gasteiger partial charge < -0.3 is 10.1 Å². The molecule has 0 radical (unpaired) electrons. The molecule has 1 atom stereocenters. The highest BCUT2D eigenvalue weighted by Crippen LogP contribution is 2.20. The number of likely N-dealkylation sites (N-methyl/N-ethyl adjacent to an activating group) is 1. The van der Waals surface area contributed by atoms with Gasteiger partial charge in [-0.15, -0.1) is 0 Å². The van der Waals surface area contributed by atoms with Crippen molar-refractivity contribution in [3.63, 3.8) is 0 Å². The average molecular weight is 237 g/mol. The van der Waals surface area contributed by atoms with Crippen molar-refractivity contribution in [2.75, 3.05) is 14.1 Å². The fourth-order valence-electron chi connectivity index (χ4n) is 1.66. The van der Waals surface area contributed by atoms with E-state index in [9.17, 15) is 14.7 Å². The molecule has 92 valence electrons. The van der Waals surface area contributed by atoms with Gasteiger partial charge in [0.2, 0.25) is 0 Å². The molecule has 17 heavy (non-hydrogen) atoms. The van der Waals surface area contributed by atoms with Gasteiger partial charge in [-0.05, 0) is 20.2 Å². The van der Waals surface area contributed by atoms with Gasteiger partial charge in [-0.1, -0.05) is 6.58 Å². The molecule has 1 aromatic rings. The third kappa shape index (κ3) is 2.26. The number of carboxylic acid groups (broad SMARTS) is 1. The van der Waals surface area contributed by atoms with Crippen molar-refractivity contribution in [2.24, 2.45) is 0 Å². The molecule has 0 spiro atoms. The summed E-state index contributed by atoms with van der Waals surface area (Å²) in [6.07, 6.45) is 3.98. The molecule has 6 nitrogen and oxygen atoms in total. The smallest absolute Gasteiger partial charge is 0.332 e. The van der Waals surface area contributed by atoms with Gasteiger partial charge in [0, 0.05) is 18.3 Å². The van der Waals surface area contributed by atoms with Crippen molar-refractivity contribution in [3.05, 3.63) is 30.9 Å². The topological polar surface area (TPSA) is 86.3 Å². The molecular formula is C11H15N3O3. The summed E-state index contributed by atoms with van der Waals surface area (Å²) < 4.78 is 0. The molecule has 0 amide bonds. The molecule has 1 aromatic heterocycles. The Morgan fingerprint density at radius 2 is 2.29 bits per heavy atom. The predicted molar refractivity (Wildman–Crippen MR) is 61.5 cm³/mol. The Hall–Kier alpha value is -1.95. The van der Waals surface area contributed by atoms with Crippen LogP contribution in [0.3, 0.4) is 0 Å². The lowest BCUT2D eigenvalue weighted by molar-refractivity contribution is -0.154. The second kappa shape index (κ2) is 4.92. The summed E-state index contributed by atoms with van der Waals surface area (Å²) >= 11 is 0. The first-order valence-corrected chi connectivity index (χ1v) is 5.00. The van der Waals surface area contributed by atoms with Crippen LogP contribution in [-0.2, 0) is 16.0 Å². The number of carbonyl (C=O) groups is 2. The maximum atomic E-state index is 11.9. The number of nitrogens with one attached hydrogen (secondary N) is 1. The summed E-state index contributed by atoms with van der Waals surface area (Å²) in [5.41, 5.74) is -1.06. The van der Waals surface area contributed by atoms with Gasteiger partial charge in [0.05, 0.1) is 6.33 Å². The van der Waals surface area contributed by atoms with E-state index in [4.69, 9.17) is 0 Å². The highest BCUT2D eigenvalue weighted by Gasteiger charge is 2.47. The summed E-state index contributed by atoms with van der Waals surface area (Å²) in [5.74, 6) is -1.76. The maximum absolute atomic E-state index is 11.9. The molecule has 0 aliphatic carbocycles. The second-order valence-electron chi connectivity index (χ2n) is 3.88. The van der Waals surface area contributed by atoms with Crippen molar-refractivity contribution < 1.29 is 14.7 Å². The van der Waals surface area contributed by atoms with Crippen LogP contribution in [0, 0.1) is 0 Å². The molecule has 1 rings (SSSR count). The van der Waals surface area contributed by atoms with Crippen molar-refractivity contribution in [1.82, 2.24) is 14.9 Å². The predicted octanol–water partition coefficient (Wildman–Crippen LogP) is 0.0923. The molecule has 0 saturated heterocycles. The molecule has 0 aliphatic rings. The van der Waals surface area contributed by atoms with E-state index < -0.39 is 17.3 Å². The van der Waals surface area contributed by atoms with Crippen molar-refractivity contribution >= 4 is 11.8 Å². The van der Waals surface area contributed by atoms with Crippen LogP contribution in [0.1, 0.15) is 5.69 Å². The van der Waals surface area contributed by atoms with Crippen LogP contribution in [0.2, 0.25) is 0 Å². The van der Waals surface area contributed by atoms with Crippen LogP contribution in [0.15, 0.2) is 25.2 Å². The third-order valence-electron chi connectivity index (χ3n) is 2.71. The fraction of sp³-hybridized carbons (Fsp3) is 0.364. The van der Waals surface area contributed by atoms with Gasteiger partial charge in [-0.2, -0.15) is 0 Å². The average Bonchev–Trinajstić information content (AvgIpc) is 2.76. The Labute approximate surface area is 99.0 Å². The summed E-state index contributed by atoms with van der Waals surface area (Å²) in [6.45, 7) is 3.36. The minimum atomic E-state index is -1.64. The van der Waals surface area contributed by atoms with E-state index in [-0.39, 0.29) is 6.42 Å². The van der Waals surface area contributed by atoms with E-state index in [1.54, 1.807) is 14.1 Å². The Morgan fingerprint density at radius 1 is 1.65 bits per heavy atom. The number of hydrogen-bond donors (Lipinski definition) is 2. The number of H-pyrrole nitrogens is 1. The molecule has 6 heteroatoms. The summed E-state index contributed by atoms with van der Waals surface area (Å²) in [4.78, 5) is 31.3. The SMILES string of the molecule is C=CC(=O)[C@](Cc1cnc[nH]1)(C(=O)O)N(C)C. The van der Waals surface area contributed by atoms with Gasteiger partial charge in [0.25, 0.3) is 0 Å². The number of aromatic amines is 1. The lowest BCUT2D eigenvalue weighted by Gasteiger charge is -2.32. The molecule has 0 saturated carbocycles. The van der Waals surface area contributed by atoms with Crippen LogP contribution in [0.25, 0.3) is 0 Å². The van der Waals surface area contributed by atoms with Gasteiger partial charge in [0.1, 0.15) is 0 Å². The molecule has 2 N–H and O–H groups in total. The Bertz CT molecular complexity index is 425. The van der Waals surface area contributed by atoms with Crippen LogP contribution >= 0.6 is 0 Å². The molecule has 1 heterocycles. The lowest BCUT2D eigenvalue weighted by atomic mass is 9.87. The van der Waals surface area contributed by atoms with Crippen LogP contribution in [0.5, 0.6) is 0 Å².